The molecule has 0 radical (unpaired) electrons. The van der Waals surface area contributed by atoms with Gasteiger partial charge in [-0.3, -0.25) is 9.59 Å². The van der Waals surface area contributed by atoms with Gasteiger partial charge in [0, 0.05) is 0 Å². The first kappa shape index (κ1) is 25.0. The predicted molar refractivity (Wildman–Crippen MR) is 114 cm³/mol. The van der Waals surface area contributed by atoms with Crippen molar-refractivity contribution < 1.29 is 19.1 Å². The number of rotatable bonds is 16. The van der Waals surface area contributed by atoms with Crippen LogP contribution in [0.5, 0.6) is 0 Å². The van der Waals surface area contributed by atoms with E-state index in [2.05, 4.69) is 13.8 Å². The molecule has 2 unspecified atom stereocenters. The van der Waals surface area contributed by atoms with E-state index in [0.717, 1.165) is 51.4 Å². The lowest BCUT2D eigenvalue weighted by molar-refractivity contribution is -0.163. The van der Waals surface area contributed by atoms with Crippen molar-refractivity contribution in [3.8, 4) is 0 Å². The molecule has 0 aromatic rings. The molecule has 0 aliphatic heterocycles. The third-order valence-electron chi connectivity index (χ3n) is 5.86. The maximum atomic E-state index is 12.5. The Morgan fingerprint density at radius 2 is 0.964 bits per heavy atom. The fourth-order valence-corrected chi connectivity index (χ4v) is 4.02. The highest BCUT2D eigenvalue weighted by Gasteiger charge is 2.37. The molecule has 164 valence electrons. The molecule has 0 saturated heterocycles. The Bertz CT molecular complexity index is 407. The lowest BCUT2D eigenvalue weighted by Crippen LogP contribution is -2.35. The van der Waals surface area contributed by atoms with Gasteiger partial charge < -0.3 is 9.47 Å². The number of carbonyl (C=O) groups is 2. The summed E-state index contributed by atoms with van der Waals surface area (Å²) in [6, 6.07) is 0. The van der Waals surface area contributed by atoms with Gasteiger partial charge in [-0.25, -0.2) is 0 Å². The Labute approximate surface area is 173 Å². The fraction of sp³-hybridized carbons (Fsp3) is 0.917. The van der Waals surface area contributed by atoms with Gasteiger partial charge >= 0.3 is 11.9 Å². The van der Waals surface area contributed by atoms with E-state index in [9.17, 15) is 9.59 Å². The second-order valence-corrected chi connectivity index (χ2v) is 8.37. The molecule has 1 aliphatic rings. The van der Waals surface area contributed by atoms with Crippen LogP contribution >= 0.6 is 0 Å². The number of hydrogen-bond donors (Lipinski definition) is 0. The van der Waals surface area contributed by atoms with Gasteiger partial charge in [0.05, 0.1) is 25.0 Å². The van der Waals surface area contributed by atoms with Gasteiger partial charge in [-0.15, -0.1) is 0 Å². The van der Waals surface area contributed by atoms with Crippen LogP contribution in [0.15, 0.2) is 0 Å². The molecule has 1 fully saturated rings. The van der Waals surface area contributed by atoms with Crippen molar-refractivity contribution in [1.82, 2.24) is 0 Å². The Morgan fingerprint density at radius 3 is 1.36 bits per heavy atom. The smallest absolute Gasteiger partial charge is 0.309 e. The normalized spacial score (nSPS) is 19.4. The average Bonchev–Trinajstić information content (AvgIpc) is 2.72. The highest BCUT2D eigenvalue weighted by molar-refractivity contribution is 5.82. The summed E-state index contributed by atoms with van der Waals surface area (Å²) < 4.78 is 11.0. The van der Waals surface area contributed by atoms with Gasteiger partial charge in [0.1, 0.15) is 0 Å². The maximum Gasteiger partial charge on any atom is 0.309 e. The lowest BCUT2D eigenvalue weighted by atomic mass is 9.79. The SMILES string of the molecule is CCCCCCCCCOC(=O)C1CCCCC1C(=O)OCCCCCCC. The zero-order chi connectivity index (χ0) is 20.5. The largest absolute Gasteiger partial charge is 0.465 e. The third kappa shape index (κ3) is 11.1. The lowest BCUT2D eigenvalue weighted by Gasteiger charge is -2.28. The van der Waals surface area contributed by atoms with E-state index in [1.807, 2.05) is 0 Å². The molecule has 0 spiro atoms. The standard InChI is InChI=1S/C24H44O4/c1-3-5-7-9-10-12-16-20-28-24(26)22-18-14-13-17-21(22)23(25)27-19-15-11-8-6-4-2/h21-22H,3-20H2,1-2H3. The number of hydrogen-bond acceptors (Lipinski definition) is 4. The Morgan fingerprint density at radius 1 is 0.607 bits per heavy atom. The van der Waals surface area contributed by atoms with Crippen molar-refractivity contribution in [2.24, 2.45) is 11.8 Å². The first-order valence-corrected chi connectivity index (χ1v) is 12.0. The molecule has 1 aliphatic carbocycles. The minimum absolute atomic E-state index is 0.185. The molecule has 1 saturated carbocycles. The third-order valence-corrected chi connectivity index (χ3v) is 5.86. The van der Waals surface area contributed by atoms with Crippen LogP contribution in [0.3, 0.4) is 0 Å². The van der Waals surface area contributed by atoms with Gasteiger partial charge in [-0.05, 0) is 25.7 Å². The zero-order valence-corrected chi connectivity index (χ0v) is 18.5. The van der Waals surface area contributed by atoms with E-state index in [1.54, 1.807) is 0 Å². The van der Waals surface area contributed by atoms with Gasteiger partial charge in [0.15, 0.2) is 0 Å². The highest BCUT2D eigenvalue weighted by Crippen LogP contribution is 2.32. The first-order chi connectivity index (χ1) is 13.7. The van der Waals surface area contributed by atoms with Crippen LogP contribution in [0.2, 0.25) is 0 Å². The maximum absolute atomic E-state index is 12.5. The summed E-state index contributed by atoms with van der Waals surface area (Å²) in [4.78, 5) is 25.0. The van der Waals surface area contributed by atoms with E-state index in [1.165, 1.54) is 51.4 Å². The van der Waals surface area contributed by atoms with Crippen molar-refractivity contribution in [3.63, 3.8) is 0 Å². The second kappa shape index (κ2) is 16.9. The quantitative estimate of drug-likeness (QED) is 0.218. The fourth-order valence-electron chi connectivity index (χ4n) is 4.02. The predicted octanol–water partition coefficient (Wildman–Crippen LogP) is 6.60. The minimum atomic E-state index is -0.300. The summed E-state index contributed by atoms with van der Waals surface area (Å²) in [5.41, 5.74) is 0. The molecule has 1 rings (SSSR count). The molecule has 28 heavy (non-hydrogen) atoms. The van der Waals surface area contributed by atoms with Crippen LogP contribution in [0.4, 0.5) is 0 Å². The Balaban J connectivity index is 2.22. The molecule has 0 aromatic heterocycles. The molecule has 0 bridgehead atoms. The summed E-state index contributed by atoms with van der Waals surface area (Å²) in [5, 5.41) is 0. The molecular formula is C24H44O4. The van der Waals surface area contributed by atoms with Crippen LogP contribution in [0, 0.1) is 11.8 Å². The Hall–Kier alpha value is -1.06. The molecule has 4 nitrogen and oxygen atoms in total. The topological polar surface area (TPSA) is 52.6 Å². The van der Waals surface area contributed by atoms with Crippen molar-refractivity contribution in [1.29, 1.82) is 0 Å². The van der Waals surface area contributed by atoms with Crippen LogP contribution in [-0.2, 0) is 19.1 Å². The minimum Gasteiger partial charge on any atom is -0.465 e. The monoisotopic (exact) mass is 396 g/mol. The summed E-state index contributed by atoms with van der Waals surface area (Å²) in [7, 11) is 0. The van der Waals surface area contributed by atoms with Crippen LogP contribution in [0.25, 0.3) is 0 Å². The van der Waals surface area contributed by atoms with E-state index >= 15 is 0 Å². The summed E-state index contributed by atoms with van der Waals surface area (Å²) in [5.74, 6) is -0.972. The van der Waals surface area contributed by atoms with E-state index in [4.69, 9.17) is 9.47 Å². The second-order valence-electron chi connectivity index (χ2n) is 8.37. The van der Waals surface area contributed by atoms with E-state index < -0.39 is 0 Å². The van der Waals surface area contributed by atoms with Gasteiger partial charge in [0.2, 0.25) is 0 Å². The number of unbranched alkanes of at least 4 members (excludes halogenated alkanes) is 10. The number of esters is 2. The molecule has 0 aromatic carbocycles. The number of carbonyl (C=O) groups excluding carboxylic acids is 2. The van der Waals surface area contributed by atoms with Crippen molar-refractivity contribution in [2.75, 3.05) is 13.2 Å². The molecule has 4 heteroatoms. The van der Waals surface area contributed by atoms with E-state index in [0.29, 0.717) is 13.2 Å². The van der Waals surface area contributed by atoms with Crippen LogP contribution in [0.1, 0.15) is 117 Å². The molecular weight excluding hydrogens is 352 g/mol. The van der Waals surface area contributed by atoms with Crippen molar-refractivity contribution in [2.45, 2.75) is 117 Å². The van der Waals surface area contributed by atoms with Gasteiger partial charge in [-0.2, -0.15) is 0 Å². The van der Waals surface area contributed by atoms with Crippen LogP contribution in [-0.4, -0.2) is 25.2 Å². The van der Waals surface area contributed by atoms with Gasteiger partial charge in [-0.1, -0.05) is 90.9 Å². The molecule has 0 heterocycles. The summed E-state index contributed by atoms with van der Waals surface area (Å²) in [6.07, 6.45) is 17.6. The first-order valence-electron chi connectivity index (χ1n) is 12.0. The highest BCUT2D eigenvalue weighted by atomic mass is 16.5. The number of ether oxygens (including phenoxy) is 2. The van der Waals surface area contributed by atoms with E-state index in [-0.39, 0.29) is 23.8 Å². The van der Waals surface area contributed by atoms with Crippen molar-refractivity contribution in [3.05, 3.63) is 0 Å². The molecule has 0 N–H and O–H groups in total. The Kier molecular flexibility index (Phi) is 15.0. The molecule has 0 amide bonds. The summed E-state index contributed by atoms with van der Waals surface area (Å²) in [6.45, 7) is 5.39. The summed E-state index contributed by atoms with van der Waals surface area (Å²) >= 11 is 0. The average molecular weight is 397 g/mol. The van der Waals surface area contributed by atoms with Crippen LogP contribution < -0.4 is 0 Å². The zero-order valence-electron chi connectivity index (χ0n) is 18.5. The van der Waals surface area contributed by atoms with Gasteiger partial charge in [0.25, 0.3) is 0 Å². The van der Waals surface area contributed by atoms with Crippen molar-refractivity contribution >= 4 is 11.9 Å². The molecule has 2 atom stereocenters.